The SMILES string of the molecule is CCCS[P@@](=S)(OCC)OCc1cc(OC(=O)N(C)C)nc(C)n1. The average molecular weight is 393 g/mol. The van der Waals surface area contributed by atoms with E-state index in [0.29, 0.717) is 18.1 Å². The third-order valence-corrected chi connectivity index (χ3v) is 8.17. The van der Waals surface area contributed by atoms with Crippen LogP contribution in [0.2, 0.25) is 0 Å². The van der Waals surface area contributed by atoms with E-state index in [-0.39, 0.29) is 12.5 Å². The molecule has 10 heteroatoms. The maximum absolute atomic E-state index is 11.6. The zero-order chi connectivity index (χ0) is 18.2. The van der Waals surface area contributed by atoms with Gasteiger partial charge in [-0.1, -0.05) is 18.3 Å². The van der Waals surface area contributed by atoms with Gasteiger partial charge in [0.25, 0.3) is 0 Å². The lowest BCUT2D eigenvalue weighted by atomic mass is 10.4. The lowest BCUT2D eigenvalue weighted by Crippen LogP contribution is -2.25. The first-order chi connectivity index (χ1) is 11.3. The predicted molar refractivity (Wildman–Crippen MR) is 99.9 cm³/mol. The van der Waals surface area contributed by atoms with E-state index in [1.165, 1.54) is 16.3 Å². The van der Waals surface area contributed by atoms with Crippen molar-refractivity contribution in [2.75, 3.05) is 26.5 Å². The van der Waals surface area contributed by atoms with Crippen molar-refractivity contribution in [1.29, 1.82) is 0 Å². The van der Waals surface area contributed by atoms with Crippen LogP contribution >= 0.6 is 17.1 Å². The van der Waals surface area contributed by atoms with Gasteiger partial charge in [-0.15, -0.1) is 0 Å². The van der Waals surface area contributed by atoms with Crippen LogP contribution in [0.25, 0.3) is 0 Å². The maximum Gasteiger partial charge on any atom is 0.416 e. The van der Waals surface area contributed by atoms with Crippen LogP contribution in [0.15, 0.2) is 6.07 Å². The Balaban J connectivity index is 2.81. The number of rotatable bonds is 9. The molecule has 0 unspecified atom stereocenters. The molecule has 1 aromatic rings. The van der Waals surface area contributed by atoms with Crippen molar-refractivity contribution in [2.45, 2.75) is 33.8 Å². The quantitative estimate of drug-likeness (QED) is 0.587. The zero-order valence-corrected chi connectivity index (χ0v) is 17.2. The van der Waals surface area contributed by atoms with Gasteiger partial charge in [0.15, 0.2) is 0 Å². The molecule has 0 aliphatic rings. The van der Waals surface area contributed by atoms with Crippen LogP contribution in [0, 0.1) is 6.92 Å². The summed E-state index contributed by atoms with van der Waals surface area (Å²) < 4.78 is 16.7. The Hall–Kier alpha value is -0.730. The summed E-state index contributed by atoms with van der Waals surface area (Å²) in [5.41, 5.74) is -1.81. The molecule has 1 amide bonds. The van der Waals surface area contributed by atoms with Crippen molar-refractivity contribution in [2.24, 2.45) is 0 Å². The van der Waals surface area contributed by atoms with Crippen LogP contribution in [0.4, 0.5) is 4.79 Å². The number of carbonyl (C=O) groups is 1. The van der Waals surface area contributed by atoms with Crippen LogP contribution in [-0.4, -0.2) is 47.4 Å². The van der Waals surface area contributed by atoms with Crippen LogP contribution in [0.1, 0.15) is 31.8 Å². The summed E-state index contributed by atoms with van der Waals surface area (Å²) >= 11 is 7.07. The Morgan fingerprint density at radius 2 is 2.04 bits per heavy atom. The highest BCUT2D eigenvalue weighted by atomic mass is 32.9. The largest absolute Gasteiger partial charge is 0.416 e. The van der Waals surface area contributed by atoms with Crippen LogP contribution < -0.4 is 4.74 Å². The Morgan fingerprint density at radius 1 is 1.33 bits per heavy atom. The molecule has 0 spiro atoms. The summed E-state index contributed by atoms with van der Waals surface area (Å²) in [4.78, 5) is 21.3. The lowest BCUT2D eigenvalue weighted by molar-refractivity contribution is 0.169. The first-order valence-electron chi connectivity index (χ1n) is 7.57. The zero-order valence-electron chi connectivity index (χ0n) is 14.6. The Morgan fingerprint density at radius 3 is 2.62 bits per heavy atom. The topological polar surface area (TPSA) is 73.8 Å². The highest BCUT2D eigenvalue weighted by molar-refractivity contribution is 8.67. The van der Waals surface area contributed by atoms with Gasteiger partial charge in [0.05, 0.1) is 18.9 Å². The van der Waals surface area contributed by atoms with E-state index in [0.717, 1.165) is 12.2 Å². The molecule has 0 N–H and O–H groups in total. The van der Waals surface area contributed by atoms with Gasteiger partial charge in [0.1, 0.15) is 5.82 Å². The Kier molecular flexibility index (Phi) is 9.15. The number of aryl methyl sites for hydroxylation is 1. The number of hydrogen-bond donors (Lipinski definition) is 0. The minimum Gasteiger partial charge on any atom is -0.391 e. The smallest absolute Gasteiger partial charge is 0.391 e. The molecule has 24 heavy (non-hydrogen) atoms. The molecule has 0 saturated heterocycles. The van der Waals surface area contributed by atoms with E-state index < -0.39 is 11.8 Å². The molecule has 0 saturated carbocycles. The minimum atomic E-state index is -2.40. The lowest BCUT2D eigenvalue weighted by Gasteiger charge is -2.20. The molecule has 1 rings (SSSR count). The summed E-state index contributed by atoms with van der Waals surface area (Å²) in [6.07, 6.45) is 0.495. The molecule has 0 bridgehead atoms. The summed E-state index contributed by atoms with van der Waals surface area (Å²) in [5.74, 6) is 1.56. The van der Waals surface area contributed by atoms with Crippen molar-refractivity contribution >= 4 is 35.0 Å². The Labute approximate surface area is 152 Å². The Bertz CT molecular complexity index is 601. The minimum absolute atomic E-state index is 0.184. The fraction of sp³-hybridized carbons (Fsp3) is 0.643. The van der Waals surface area contributed by atoms with E-state index in [1.807, 2.05) is 6.92 Å². The van der Waals surface area contributed by atoms with Crippen molar-refractivity contribution in [1.82, 2.24) is 14.9 Å². The van der Waals surface area contributed by atoms with Gasteiger partial charge in [-0.3, -0.25) is 0 Å². The van der Waals surface area contributed by atoms with Gasteiger partial charge >= 0.3 is 6.09 Å². The molecule has 7 nitrogen and oxygen atoms in total. The summed E-state index contributed by atoms with van der Waals surface area (Å²) in [6.45, 7) is 6.38. The molecular formula is C14H24N3O4PS2. The predicted octanol–water partition coefficient (Wildman–Crippen LogP) is 3.77. The second-order valence-electron chi connectivity index (χ2n) is 4.98. The third-order valence-electron chi connectivity index (χ3n) is 2.54. The molecule has 1 aromatic heterocycles. The standard InChI is InChI=1S/C14H24N3O4PS2/c1-6-8-24-22(23,19-7-2)20-10-12-9-13(16-11(3)15-12)21-14(18)17(4)5/h9H,6-8,10H2,1-5H3/t22-/m0/s1. The maximum atomic E-state index is 11.6. The van der Waals surface area contributed by atoms with E-state index in [1.54, 1.807) is 27.1 Å². The van der Waals surface area contributed by atoms with Crippen LogP contribution in [0.3, 0.4) is 0 Å². The summed E-state index contributed by atoms with van der Waals surface area (Å²) in [6, 6.07) is 1.57. The molecule has 1 heterocycles. The highest BCUT2D eigenvalue weighted by Crippen LogP contribution is 2.61. The van der Waals surface area contributed by atoms with E-state index >= 15 is 0 Å². The molecule has 0 radical (unpaired) electrons. The van der Waals surface area contributed by atoms with Crippen molar-refractivity contribution in [3.05, 3.63) is 17.6 Å². The van der Waals surface area contributed by atoms with Gasteiger partial charge in [0, 0.05) is 25.9 Å². The van der Waals surface area contributed by atoms with Crippen molar-refractivity contribution in [3.8, 4) is 5.88 Å². The molecule has 0 fully saturated rings. The molecule has 0 aliphatic heterocycles. The van der Waals surface area contributed by atoms with Crippen LogP contribution in [0.5, 0.6) is 5.88 Å². The monoisotopic (exact) mass is 393 g/mol. The molecule has 0 aromatic carbocycles. The third kappa shape index (κ3) is 7.44. The van der Waals surface area contributed by atoms with Gasteiger partial charge in [-0.2, -0.15) is 4.98 Å². The van der Waals surface area contributed by atoms with Gasteiger partial charge in [-0.25, -0.2) is 9.78 Å². The van der Waals surface area contributed by atoms with E-state index in [2.05, 4.69) is 16.9 Å². The van der Waals surface area contributed by atoms with Crippen molar-refractivity contribution < 1.29 is 18.6 Å². The number of ether oxygens (including phenoxy) is 1. The average Bonchev–Trinajstić information content (AvgIpc) is 2.51. The number of amides is 1. The molecular weight excluding hydrogens is 369 g/mol. The number of carbonyl (C=O) groups excluding carboxylic acids is 1. The fourth-order valence-electron chi connectivity index (χ4n) is 1.52. The molecule has 136 valence electrons. The van der Waals surface area contributed by atoms with Crippen molar-refractivity contribution in [3.63, 3.8) is 0 Å². The number of hydrogen-bond acceptors (Lipinski definition) is 8. The van der Waals surface area contributed by atoms with Gasteiger partial charge < -0.3 is 18.7 Å². The van der Waals surface area contributed by atoms with E-state index in [9.17, 15) is 4.79 Å². The first kappa shape index (κ1) is 21.3. The van der Waals surface area contributed by atoms with Gasteiger partial charge in [-0.05, 0) is 32.1 Å². The molecule has 1 atom stereocenters. The fourth-order valence-corrected chi connectivity index (χ4v) is 6.05. The molecule has 0 aliphatic carbocycles. The summed E-state index contributed by atoms with van der Waals surface area (Å²) in [5, 5.41) is 0. The normalized spacial score (nSPS) is 13.4. The number of aromatic nitrogens is 2. The van der Waals surface area contributed by atoms with Gasteiger partial charge in [0.2, 0.25) is 11.6 Å². The first-order valence-corrected chi connectivity index (χ1v) is 11.8. The second kappa shape index (κ2) is 10.3. The van der Waals surface area contributed by atoms with E-state index in [4.69, 9.17) is 25.6 Å². The summed E-state index contributed by atoms with van der Waals surface area (Å²) in [7, 11) is 3.20. The van der Waals surface area contributed by atoms with Crippen LogP contribution in [-0.2, 0) is 27.5 Å². The second-order valence-corrected chi connectivity index (χ2v) is 11.4. The number of nitrogens with zero attached hydrogens (tertiary/aromatic N) is 3. The highest BCUT2D eigenvalue weighted by Gasteiger charge is 2.20.